The maximum atomic E-state index is 13.8. The number of hydrogen-bond donors (Lipinski definition) is 1. The zero-order valence-corrected chi connectivity index (χ0v) is 46.4. The molecule has 1 saturated heterocycles. The van der Waals surface area contributed by atoms with Crippen molar-refractivity contribution in [1.29, 1.82) is 0 Å². The molecular weight excluding hydrogens is 989 g/mol. The smallest absolute Gasteiger partial charge is 0.415 e. The molecular formula is C62H74N6O10. The molecule has 3 fully saturated rings. The van der Waals surface area contributed by atoms with E-state index in [2.05, 4.69) is 48.0 Å². The topological polar surface area (TPSA) is 181 Å². The average Bonchev–Trinajstić information content (AvgIpc) is 3.59. The van der Waals surface area contributed by atoms with Gasteiger partial charge in [0, 0.05) is 98.8 Å². The van der Waals surface area contributed by atoms with Gasteiger partial charge in [0.1, 0.15) is 12.4 Å². The molecule has 412 valence electrons. The summed E-state index contributed by atoms with van der Waals surface area (Å²) in [6.45, 7) is 12.0. The molecule has 0 bridgehead atoms. The molecule has 4 aromatic rings. The first-order valence-electron chi connectivity index (χ1n) is 28.3. The zero-order valence-electron chi connectivity index (χ0n) is 46.4. The fraction of sp³-hybridized carbons (Fsp3) is 0.532. The summed E-state index contributed by atoms with van der Waals surface area (Å²) < 4.78 is 19.2. The Labute approximate surface area is 456 Å². The van der Waals surface area contributed by atoms with E-state index in [-0.39, 0.29) is 65.6 Å². The molecule has 16 heteroatoms. The summed E-state index contributed by atoms with van der Waals surface area (Å²) in [6, 6.07) is 16.3. The van der Waals surface area contributed by atoms with E-state index in [0.29, 0.717) is 61.6 Å². The van der Waals surface area contributed by atoms with Crippen LogP contribution in [0.15, 0.2) is 76.1 Å². The van der Waals surface area contributed by atoms with E-state index in [4.69, 9.17) is 19.2 Å². The molecule has 5 heterocycles. The monoisotopic (exact) mass is 1060 g/mol. The number of piperazine rings is 1. The Balaban J connectivity index is 0.692. The molecule has 4 aliphatic carbocycles. The molecule has 2 saturated carbocycles. The summed E-state index contributed by atoms with van der Waals surface area (Å²) in [5.41, 5.74) is 6.46. The van der Waals surface area contributed by atoms with Crippen LogP contribution in [0.4, 0.5) is 10.5 Å². The minimum absolute atomic E-state index is 0.0507. The Bertz CT molecular complexity index is 3260. The number of Topliss-reactive ketones (excluding diaryl/α,β-unsaturated/α-hetero) is 1. The van der Waals surface area contributed by atoms with Crippen LogP contribution >= 0.6 is 0 Å². The van der Waals surface area contributed by atoms with Gasteiger partial charge in [0.05, 0.1) is 29.0 Å². The number of ether oxygens (including phenoxy) is 3. The third-order valence-corrected chi connectivity index (χ3v) is 19.0. The Kier molecular flexibility index (Phi) is 14.2. The highest BCUT2D eigenvalue weighted by atomic mass is 16.6. The molecule has 16 nitrogen and oxygen atoms in total. The normalized spacial score (nSPS) is 26.3. The fourth-order valence-corrected chi connectivity index (χ4v) is 14.9. The number of cyclic esters (lactones) is 1. The Morgan fingerprint density at radius 3 is 2.41 bits per heavy atom. The molecule has 3 aliphatic heterocycles. The van der Waals surface area contributed by atoms with Crippen LogP contribution in [0.3, 0.4) is 0 Å². The summed E-state index contributed by atoms with van der Waals surface area (Å²) in [7, 11) is 6.06. The maximum Gasteiger partial charge on any atom is 0.415 e. The van der Waals surface area contributed by atoms with Gasteiger partial charge in [0.25, 0.3) is 5.56 Å². The number of aromatic nitrogens is 2. The number of rotatable bonds is 14. The second-order valence-corrected chi connectivity index (χ2v) is 23.7. The Morgan fingerprint density at radius 2 is 1.69 bits per heavy atom. The number of amides is 1. The molecule has 0 radical (unpaired) electrons. The van der Waals surface area contributed by atoms with Gasteiger partial charge in [-0.15, -0.1) is 0 Å². The number of aliphatic hydroxyl groups is 1. The van der Waals surface area contributed by atoms with Crippen LogP contribution in [0.1, 0.15) is 132 Å². The van der Waals surface area contributed by atoms with Crippen molar-refractivity contribution in [3.05, 3.63) is 109 Å². The van der Waals surface area contributed by atoms with E-state index in [1.54, 1.807) is 35.4 Å². The van der Waals surface area contributed by atoms with Crippen LogP contribution in [0.25, 0.3) is 22.3 Å². The third-order valence-electron chi connectivity index (χ3n) is 19.0. The molecule has 2 aromatic heterocycles. The van der Waals surface area contributed by atoms with Crippen molar-refractivity contribution in [2.24, 2.45) is 17.3 Å². The van der Waals surface area contributed by atoms with Gasteiger partial charge in [-0.05, 0) is 156 Å². The van der Waals surface area contributed by atoms with Crippen molar-refractivity contribution in [3.8, 4) is 17.1 Å². The summed E-state index contributed by atoms with van der Waals surface area (Å²) in [6.07, 6.45) is 9.91. The van der Waals surface area contributed by atoms with Crippen molar-refractivity contribution in [3.63, 3.8) is 0 Å². The molecule has 1 amide bonds. The number of carbonyl (C=O) groups excluding carboxylic acids is 5. The highest BCUT2D eigenvalue weighted by Gasteiger charge is 2.67. The number of allylic oxidation sites excluding steroid dienone is 4. The first-order chi connectivity index (χ1) is 37.3. The summed E-state index contributed by atoms with van der Waals surface area (Å²) >= 11 is 0. The van der Waals surface area contributed by atoms with Crippen LogP contribution in [0.5, 0.6) is 5.75 Å². The summed E-state index contributed by atoms with van der Waals surface area (Å²) in [5.74, 6) is -0.0247. The first kappa shape index (κ1) is 53.5. The molecule has 11 rings (SSSR count). The lowest BCUT2D eigenvalue weighted by Gasteiger charge is -2.55. The summed E-state index contributed by atoms with van der Waals surface area (Å²) in [4.78, 5) is 92.6. The van der Waals surface area contributed by atoms with Gasteiger partial charge < -0.3 is 38.6 Å². The number of fused-ring (bicyclic) bond motifs is 9. The SMILES string of the molecule is CC[C@@]1(O)C(=O)OCc2c1cc1n(c2=O)Cc2cc3c(CN(C)C)c(OC(=O)N4CCN(CCCCCN(C)c5ccc([C@H]6C[C@@]7(C)C(CC[C@]7(OC(C)=O)C(C)=O)[C@@H]7CCC8=CC(=O)CCC8=C76)cc5)CC4)ccc3nc2-1. The van der Waals surface area contributed by atoms with E-state index >= 15 is 0 Å². The van der Waals surface area contributed by atoms with E-state index < -0.39 is 34.6 Å². The second-order valence-electron chi connectivity index (χ2n) is 23.7. The molecule has 7 aliphatic rings. The van der Waals surface area contributed by atoms with E-state index in [0.717, 1.165) is 93.3 Å². The van der Waals surface area contributed by atoms with Gasteiger partial charge in [-0.3, -0.25) is 24.1 Å². The predicted molar refractivity (Wildman–Crippen MR) is 295 cm³/mol. The number of unbranched alkanes of at least 4 members (excludes halogenated alkanes) is 2. The molecule has 2 aromatic carbocycles. The number of hydrogen-bond acceptors (Lipinski definition) is 14. The van der Waals surface area contributed by atoms with Gasteiger partial charge in [0.15, 0.2) is 22.8 Å². The van der Waals surface area contributed by atoms with Crippen LogP contribution in [0.2, 0.25) is 0 Å². The van der Waals surface area contributed by atoms with E-state index in [9.17, 15) is 33.9 Å². The van der Waals surface area contributed by atoms with Crippen molar-refractivity contribution >= 4 is 46.2 Å². The Hall–Kier alpha value is -6.49. The molecule has 0 spiro atoms. The highest BCUT2D eigenvalue weighted by molar-refractivity contribution is 5.93. The third kappa shape index (κ3) is 9.08. The number of ketones is 2. The quantitative estimate of drug-likeness (QED) is 0.0828. The number of anilines is 1. The van der Waals surface area contributed by atoms with Crippen LogP contribution in [-0.2, 0) is 53.9 Å². The van der Waals surface area contributed by atoms with Crippen molar-refractivity contribution in [1.82, 2.24) is 24.3 Å². The number of pyridine rings is 2. The van der Waals surface area contributed by atoms with E-state index in [1.807, 2.05) is 37.2 Å². The second kappa shape index (κ2) is 20.6. The predicted octanol–water partition coefficient (Wildman–Crippen LogP) is 8.35. The average molecular weight is 1060 g/mol. The fourth-order valence-electron chi connectivity index (χ4n) is 14.9. The lowest BCUT2D eigenvalue weighted by Crippen LogP contribution is -2.57. The number of carbonyl (C=O) groups is 5. The molecule has 1 N–H and O–H groups in total. The van der Waals surface area contributed by atoms with Crippen molar-refractivity contribution in [2.75, 3.05) is 65.3 Å². The number of benzene rings is 2. The highest BCUT2D eigenvalue weighted by Crippen LogP contribution is 2.68. The number of esters is 2. The standard InChI is InChI=1S/C62H74N6O10/c1-8-61(75)51-32-53-56-41(34-68(53)57(72)49(51)36-76-58(61)73)31-46-48(35-64(5)6)54(21-20-52(46)63-56)77-59(74)67-28-26-66(27-29-67)25-11-9-10-24-65(7)42-15-12-39(13-16-42)47-33-60(4)50(22-23-62(60,37(2)69)78-38(3)70)45-18-14-40-30-43(71)17-19-44(40)55(45)47/h12-13,15-16,20-21,30-32,45,47,50,75H,8-11,14,17-19,22-29,33-36H2,1-7H3/t45-,47+,50?,60-,61-,62-/m0/s1. The molecule has 1 unspecified atom stereocenters. The van der Waals surface area contributed by atoms with Crippen LogP contribution in [-0.4, -0.2) is 125 Å². The minimum atomic E-state index is -1.91. The largest absolute Gasteiger partial charge is 0.458 e. The molecule has 6 atom stereocenters. The van der Waals surface area contributed by atoms with Crippen molar-refractivity contribution < 1.29 is 43.3 Å². The van der Waals surface area contributed by atoms with Gasteiger partial charge >= 0.3 is 18.0 Å². The lowest BCUT2D eigenvalue weighted by molar-refractivity contribution is -0.182. The van der Waals surface area contributed by atoms with Crippen LogP contribution < -0.4 is 15.2 Å². The molecule has 78 heavy (non-hydrogen) atoms. The van der Waals surface area contributed by atoms with Gasteiger partial charge in [-0.2, -0.15) is 0 Å². The van der Waals surface area contributed by atoms with E-state index in [1.165, 1.54) is 29.2 Å². The Morgan fingerprint density at radius 1 is 0.923 bits per heavy atom. The van der Waals surface area contributed by atoms with Gasteiger partial charge in [-0.25, -0.2) is 14.6 Å². The lowest BCUT2D eigenvalue weighted by atomic mass is 9.50. The van der Waals surface area contributed by atoms with Gasteiger partial charge in [0.2, 0.25) is 0 Å². The zero-order chi connectivity index (χ0) is 55.0. The minimum Gasteiger partial charge on any atom is -0.458 e. The number of nitrogens with zero attached hydrogens (tertiary/aromatic N) is 6. The first-order valence-corrected chi connectivity index (χ1v) is 28.3. The van der Waals surface area contributed by atoms with Crippen molar-refractivity contribution in [2.45, 2.75) is 135 Å². The van der Waals surface area contributed by atoms with Gasteiger partial charge in [-0.1, -0.05) is 38.0 Å². The van der Waals surface area contributed by atoms with Crippen LogP contribution in [0, 0.1) is 17.3 Å². The summed E-state index contributed by atoms with van der Waals surface area (Å²) in [5, 5.41) is 12.1. The maximum absolute atomic E-state index is 13.8.